The van der Waals surface area contributed by atoms with Crippen LogP contribution >= 0.6 is 21.4 Å². The third-order valence-electron chi connectivity index (χ3n) is 1.59. The van der Waals surface area contributed by atoms with Crippen molar-refractivity contribution in [1.29, 1.82) is 0 Å². The van der Waals surface area contributed by atoms with Crippen LogP contribution in [-0.2, 0) is 24.8 Å². The number of aryl methyl sites for hydroxylation is 1. The molecule has 0 aliphatic rings. The number of halogens is 2. The van der Waals surface area contributed by atoms with Gasteiger partial charge in [-0.1, -0.05) is 19.1 Å². The standard InChI is InChI=1S/C8H9ClO2S.ClHO3S/c1-2-7-4-3-5-8(6-7)12(9,10)11;1-5(2,3)4/h3-6H,2H2,1H3;(H,2,3,4). The summed E-state index contributed by atoms with van der Waals surface area (Å²) in [7, 11) is 1.46. The summed E-state index contributed by atoms with van der Waals surface area (Å²) in [6.45, 7) is 1.96. The van der Waals surface area contributed by atoms with Gasteiger partial charge in [-0.15, -0.1) is 0 Å². The summed E-state index contributed by atoms with van der Waals surface area (Å²) in [5.74, 6) is 0. The third-order valence-corrected chi connectivity index (χ3v) is 2.94. The molecular weight excluding hydrogens is 311 g/mol. The molecule has 0 heterocycles. The van der Waals surface area contributed by atoms with E-state index in [-0.39, 0.29) is 4.90 Å². The van der Waals surface area contributed by atoms with Crippen LogP contribution in [0.5, 0.6) is 0 Å². The Morgan fingerprint density at radius 2 is 1.65 bits per heavy atom. The highest BCUT2D eigenvalue weighted by atomic mass is 35.7. The second-order valence-corrected chi connectivity index (χ2v) is 7.41. The highest BCUT2D eigenvalue weighted by molar-refractivity contribution is 8.13. The van der Waals surface area contributed by atoms with Gasteiger partial charge in [-0.2, -0.15) is 8.42 Å². The molecule has 0 spiro atoms. The molecule has 0 aliphatic heterocycles. The summed E-state index contributed by atoms with van der Waals surface area (Å²) >= 11 is 0. The molecule has 0 bridgehead atoms. The zero-order valence-corrected chi connectivity index (χ0v) is 11.8. The first-order chi connectivity index (χ1) is 7.54. The zero-order chi connectivity index (χ0) is 13.7. The topological polar surface area (TPSA) is 88.5 Å². The van der Waals surface area contributed by atoms with Crippen molar-refractivity contribution in [1.82, 2.24) is 0 Å². The average Bonchev–Trinajstić information content (AvgIpc) is 2.14. The van der Waals surface area contributed by atoms with Gasteiger partial charge in [0.25, 0.3) is 9.05 Å². The van der Waals surface area contributed by atoms with Crippen LogP contribution in [0.3, 0.4) is 0 Å². The molecule has 17 heavy (non-hydrogen) atoms. The van der Waals surface area contributed by atoms with Crippen molar-refractivity contribution in [3.8, 4) is 0 Å². The minimum atomic E-state index is -4.19. The summed E-state index contributed by atoms with van der Waals surface area (Å²) in [4.78, 5) is 0.170. The predicted molar refractivity (Wildman–Crippen MR) is 66.3 cm³/mol. The Kier molecular flexibility index (Phi) is 6.42. The summed E-state index contributed by atoms with van der Waals surface area (Å²) < 4.78 is 46.9. The van der Waals surface area contributed by atoms with Crippen LogP contribution in [0.15, 0.2) is 29.2 Å². The van der Waals surface area contributed by atoms with Gasteiger partial charge in [-0.05, 0) is 24.1 Å². The molecule has 0 fully saturated rings. The molecule has 98 valence electrons. The molecule has 0 saturated heterocycles. The molecule has 1 aromatic carbocycles. The van der Waals surface area contributed by atoms with Crippen molar-refractivity contribution in [2.75, 3.05) is 0 Å². The fourth-order valence-corrected chi connectivity index (χ4v) is 1.74. The number of benzene rings is 1. The van der Waals surface area contributed by atoms with Gasteiger partial charge < -0.3 is 0 Å². The van der Waals surface area contributed by atoms with E-state index in [1.807, 2.05) is 13.0 Å². The molecule has 9 heteroatoms. The number of rotatable bonds is 2. The van der Waals surface area contributed by atoms with Gasteiger partial charge in [0.2, 0.25) is 0 Å². The van der Waals surface area contributed by atoms with E-state index in [1.165, 1.54) is 6.07 Å². The van der Waals surface area contributed by atoms with Crippen molar-refractivity contribution in [2.24, 2.45) is 0 Å². The summed E-state index contributed by atoms with van der Waals surface area (Å²) in [6, 6.07) is 6.63. The molecule has 1 rings (SSSR count). The molecule has 0 atom stereocenters. The van der Waals surface area contributed by atoms with E-state index >= 15 is 0 Å². The molecule has 0 aliphatic carbocycles. The van der Waals surface area contributed by atoms with Crippen molar-refractivity contribution in [3.63, 3.8) is 0 Å². The Labute approximate surface area is 109 Å². The van der Waals surface area contributed by atoms with Gasteiger partial charge in [0, 0.05) is 21.4 Å². The Bertz CT molecular complexity index is 557. The average molecular weight is 321 g/mol. The molecule has 0 radical (unpaired) electrons. The first-order valence-corrected chi connectivity index (χ1v) is 8.82. The van der Waals surface area contributed by atoms with Crippen molar-refractivity contribution in [3.05, 3.63) is 29.8 Å². The second-order valence-electron chi connectivity index (χ2n) is 2.85. The minimum Gasteiger partial charge on any atom is -0.273 e. The Balaban J connectivity index is 0.000000437. The largest absolute Gasteiger partial charge is 0.353 e. The quantitative estimate of drug-likeness (QED) is 0.666. The van der Waals surface area contributed by atoms with Crippen LogP contribution in [0.4, 0.5) is 0 Å². The fraction of sp³-hybridized carbons (Fsp3) is 0.250. The maximum absolute atomic E-state index is 10.9. The number of hydrogen-bond donors (Lipinski definition) is 1. The fourth-order valence-electron chi connectivity index (χ4n) is 0.917. The lowest BCUT2D eigenvalue weighted by Gasteiger charge is -1.98. The molecule has 5 nitrogen and oxygen atoms in total. The van der Waals surface area contributed by atoms with E-state index in [0.29, 0.717) is 0 Å². The molecule has 0 unspecified atom stereocenters. The maximum atomic E-state index is 10.9. The van der Waals surface area contributed by atoms with Crippen LogP contribution in [0, 0.1) is 0 Å². The van der Waals surface area contributed by atoms with Gasteiger partial charge in [-0.25, -0.2) is 8.42 Å². The number of hydrogen-bond acceptors (Lipinski definition) is 4. The molecule has 1 aromatic rings. The molecule has 0 amide bonds. The SMILES string of the molecule is CCc1cccc(S(=O)(=O)Cl)c1.O=S(=O)(O)Cl. The zero-order valence-electron chi connectivity index (χ0n) is 8.67. The van der Waals surface area contributed by atoms with E-state index in [0.717, 1.165) is 12.0 Å². The van der Waals surface area contributed by atoms with Gasteiger partial charge in [0.05, 0.1) is 4.90 Å². The second kappa shape index (κ2) is 6.55. The lowest BCUT2D eigenvalue weighted by Crippen LogP contribution is -1.91. The van der Waals surface area contributed by atoms with Gasteiger partial charge >= 0.3 is 9.33 Å². The highest BCUT2D eigenvalue weighted by Crippen LogP contribution is 2.16. The van der Waals surface area contributed by atoms with E-state index in [9.17, 15) is 8.42 Å². The Hall–Kier alpha value is -0.340. The first kappa shape index (κ1) is 16.7. The van der Waals surface area contributed by atoms with Gasteiger partial charge in [-0.3, -0.25) is 4.55 Å². The Morgan fingerprint density at radius 3 is 2.00 bits per heavy atom. The van der Waals surface area contributed by atoms with Crippen LogP contribution in [-0.4, -0.2) is 21.4 Å². The van der Waals surface area contributed by atoms with E-state index < -0.39 is 18.4 Å². The van der Waals surface area contributed by atoms with Crippen molar-refractivity contribution >= 4 is 39.7 Å². The molecule has 0 aromatic heterocycles. The monoisotopic (exact) mass is 320 g/mol. The van der Waals surface area contributed by atoms with Crippen LogP contribution in [0.25, 0.3) is 0 Å². The highest BCUT2D eigenvalue weighted by Gasteiger charge is 2.08. The third kappa shape index (κ3) is 9.37. The van der Waals surface area contributed by atoms with Crippen LogP contribution < -0.4 is 0 Å². The minimum absolute atomic E-state index is 0.170. The summed E-state index contributed by atoms with van der Waals surface area (Å²) in [5.41, 5.74) is 0.969. The van der Waals surface area contributed by atoms with E-state index in [2.05, 4.69) is 10.7 Å². The van der Waals surface area contributed by atoms with Gasteiger partial charge in [0.1, 0.15) is 0 Å². The van der Waals surface area contributed by atoms with Crippen molar-refractivity contribution in [2.45, 2.75) is 18.2 Å². The summed E-state index contributed by atoms with van der Waals surface area (Å²) in [6.07, 6.45) is 0.806. The first-order valence-electron chi connectivity index (χ1n) is 4.24. The molecular formula is C8H10Cl2O5S2. The Morgan fingerprint density at radius 1 is 1.18 bits per heavy atom. The smallest absolute Gasteiger partial charge is 0.273 e. The van der Waals surface area contributed by atoms with Crippen LogP contribution in [0.1, 0.15) is 12.5 Å². The van der Waals surface area contributed by atoms with Crippen molar-refractivity contribution < 1.29 is 21.4 Å². The lowest BCUT2D eigenvalue weighted by atomic mass is 10.2. The van der Waals surface area contributed by atoms with E-state index in [4.69, 9.17) is 23.7 Å². The normalized spacial score (nSPS) is 11.5. The lowest BCUT2D eigenvalue weighted by molar-refractivity contribution is 0.501. The predicted octanol–water partition coefficient (Wildman–Crippen LogP) is 2.20. The molecule has 1 N–H and O–H groups in total. The van der Waals surface area contributed by atoms with E-state index in [1.54, 1.807) is 12.1 Å². The van der Waals surface area contributed by atoms with Gasteiger partial charge in [0.15, 0.2) is 0 Å². The molecule has 0 saturated carbocycles. The summed E-state index contributed by atoms with van der Waals surface area (Å²) in [5, 5.41) is 0. The maximum Gasteiger partial charge on any atom is 0.353 e. The van der Waals surface area contributed by atoms with Crippen LogP contribution in [0.2, 0.25) is 0 Å².